The minimum absolute atomic E-state index is 0.253. The molecule has 1 saturated heterocycles. The van der Waals surface area contributed by atoms with Crippen molar-refractivity contribution >= 4 is 5.91 Å². The van der Waals surface area contributed by atoms with Crippen LogP contribution in [0.25, 0.3) is 0 Å². The zero-order valence-corrected chi connectivity index (χ0v) is 11.6. The Morgan fingerprint density at radius 2 is 2.00 bits per heavy atom. The summed E-state index contributed by atoms with van der Waals surface area (Å²) in [4.78, 5) is 18.2. The lowest BCUT2D eigenvalue weighted by Gasteiger charge is -2.35. The SMILES string of the molecule is CC(C)(C)C(=O)N1CCC(Cn2ccnc2)CC1. The van der Waals surface area contributed by atoms with E-state index in [-0.39, 0.29) is 11.3 Å². The number of hydrogen-bond acceptors (Lipinski definition) is 2. The average molecular weight is 249 g/mol. The van der Waals surface area contributed by atoms with E-state index < -0.39 is 0 Å². The normalized spacial score (nSPS) is 18.1. The first-order valence-electron chi connectivity index (χ1n) is 6.72. The molecule has 1 fully saturated rings. The lowest BCUT2D eigenvalue weighted by molar-refractivity contribution is -0.140. The Labute approximate surface area is 109 Å². The van der Waals surface area contributed by atoms with Gasteiger partial charge in [0.2, 0.25) is 5.91 Å². The molecule has 100 valence electrons. The minimum Gasteiger partial charge on any atom is -0.342 e. The van der Waals surface area contributed by atoms with Crippen LogP contribution in [0.2, 0.25) is 0 Å². The summed E-state index contributed by atoms with van der Waals surface area (Å²) < 4.78 is 2.13. The lowest BCUT2D eigenvalue weighted by atomic mass is 9.91. The van der Waals surface area contributed by atoms with Gasteiger partial charge in [-0.1, -0.05) is 20.8 Å². The summed E-state index contributed by atoms with van der Waals surface area (Å²) in [5, 5.41) is 0. The van der Waals surface area contributed by atoms with Crippen molar-refractivity contribution in [3.05, 3.63) is 18.7 Å². The van der Waals surface area contributed by atoms with Gasteiger partial charge in [0.15, 0.2) is 0 Å². The third kappa shape index (κ3) is 3.12. The van der Waals surface area contributed by atoms with Crippen LogP contribution >= 0.6 is 0 Å². The first-order chi connectivity index (χ1) is 8.47. The maximum Gasteiger partial charge on any atom is 0.227 e. The number of hydrogen-bond donors (Lipinski definition) is 0. The Bertz CT molecular complexity index is 384. The van der Waals surface area contributed by atoms with Crippen molar-refractivity contribution < 1.29 is 4.79 Å². The van der Waals surface area contributed by atoms with Crippen LogP contribution in [0.5, 0.6) is 0 Å². The van der Waals surface area contributed by atoms with Gasteiger partial charge in [0, 0.05) is 37.4 Å². The molecule has 0 unspecified atom stereocenters. The fourth-order valence-corrected chi connectivity index (χ4v) is 2.49. The fourth-order valence-electron chi connectivity index (χ4n) is 2.49. The summed E-state index contributed by atoms with van der Waals surface area (Å²) in [6.07, 6.45) is 7.89. The molecule has 0 saturated carbocycles. The third-order valence-electron chi connectivity index (χ3n) is 3.57. The average Bonchev–Trinajstić information content (AvgIpc) is 2.81. The first-order valence-corrected chi connectivity index (χ1v) is 6.72. The molecule has 18 heavy (non-hydrogen) atoms. The predicted molar refractivity (Wildman–Crippen MR) is 71.0 cm³/mol. The molecule has 2 heterocycles. The van der Waals surface area contributed by atoms with Gasteiger partial charge in [-0.3, -0.25) is 4.79 Å². The van der Waals surface area contributed by atoms with E-state index in [1.165, 1.54) is 0 Å². The van der Waals surface area contributed by atoms with Crippen LogP contribution in [-0.2, 0) is 11.3 Å². The van der Waals surface area contributed by atoms with E-state index in [1.54, 1.807) is 0 Å². The van der Waals surface area contributed by atoms with Crippen molar-refractivity contribution in [1.29, 1.82) is 0 Å². The molecule has 1 aliphatic rings. The second-order valence-electron chi connectivity index (χ2n) is 6.25. The van der Waals surface area contributed by atoms with Gasteiger partial charge in [-0.15, -0.1) is 0 Å². The van der Waals surface area contributed by atoms with Gasteiger partial charge in [-0.2, -0.15) is 0 Å². The van der Waals surface area contributed by atoms with Gasteiger partial charge in [0.05, 0.1) is 6.33 Å². The number of likely N-dealkylation sites (tertiary alicyclic amines) is 1. The van der Waals surface area contributed by atoms with Crippen LogP contribution in [-0.4, -0.2) is 33.4 Å². The molecular formula is C14H23N3O. The molecule has 2 rings (SSSR count). The Balaban J connectivity index is 1.83. The number of nitrogens with zero attached hydrogens (tertiary/aromatic N) is 3. The van der Waals surface area contributed by atoms with Crippen molar-refractivity contribution in [3.63, 3.8) is 0 Å². The highest BCUT2D eigenvalue weighted by atomic mass is 16.2. The molecule has 4 nitrogen and oxygen atoms in total. The Kier molecular flexibility index (Phi) is 3.73. The Hall–Kier alpha value is -1.32. The second-order valence-corrected chi connectivity index (χ2v) is 6.25. The Morgan fingerprint density at radius 3 is 2.50 bits per heavy atom. The molecule has 0 spiro atoms. The van der Waals surface area contributed by atoms with Gasteiger partial charge in [-0.25, -0.2) is 4.98 Å². The molecule has 1 amide bonds. The molecule has 1 aromatic heterocycles. The van der Waals surface area contributed by atoms with Crippen LogP contribution in [0, 0.1) is 11.3 Å². The molecule has 0 N–H and O–H groups in total. The van der Waals surface area contributed by atoms with Crippen LogP contribution in [0.15, 0.2) is 18.7 Å². The summed E-state index contributed by atoms with van der Waals surface area (Å²) in [5.74, 6) is 0.951. The van der Waals surface area contributed by atoms with E-state index in [0.717, 1.165) is 32.5 Å². The molecule has 0 atom stereocenters. The summed E-state index contributed by atoms with van der Waals surface area (Å²) >= 11 is 0. The standard InChI is InChI=1S/C14H23N3O/c1-14(2,3)13(18)17-7-4-12(5-8-17)10-16-9-6-15-11-16/h6,9,11-12H,4-5,7-8,10H2,1-3H3. The molecule has 0 aliphatic carbocycles. The first kappa shape index (κ1) is 13.1. The molecule has 0 aromatic carbocycles. The highest BCUT2D eigenvalue weighted by molar-refractivity contribution is 5.81. The van der Waals surface area contributed by atoms with Crippen molar-refractivity contribution in [2.75, 3.05) is 13.1 Å². The fraction of sp³-hybridized carbons (Fsp3) is 0.714. The highest BCUT2D eigenvalue weighted by Gasteiger charge is 2.30. The van der Waals surface area contributed by atoms with Gasteiger partial charge < -0.3 is 9.47 Å². The zero-order valence-electron chi connectivity index (χ0n) is 11.6. The molecular weight excluding hydrogens is 226 g/mol. The highest BCUT2D eigenvalue weighted by Crippen LogP contribution is 2.24. The predicted octanol–water partition coefficient (Wildman–Crippen LogP) is 2.17. The molecule has 0 radical (unpaired) electrons. The van der Waals surface area contributed by atoms with E-state index in [1.807, 2.05) is 44.4 Å². The van der Waals surface area contributed by atoms with E-state index in [0.29, 0.717) is 5.92 Å². The number of carbonyl (C=O) groups is 1. The monoisotopic (exact) mass is 249 g/mol. The van der Waals surface area contributed by atoms with Crippen LogP contribution in [0.4, 0.5) is 0 Å². The van der Waals surface area contributed by atoms with Gasteiger partial charge in [-0.05, 0) is 18.8 Å². The number of carbonyl (C=O) groups excluding carboxylic acids is 1. The lowest BCUT2D eigenvalue weighted by Crippen LogP contribution is -2.44. The Morgan fingerprint density at radius 1 is 1.33 bits per heavy atom. The maximum absolute atomic E-state index is 12.2. The van der Waals surface area contributed by atoms with Crippen molar-refractivity contribution in [3.8, 4) is 0 Å². The quantitative estimate of drug-likeness (QED) is 0.805. The van der Waals surface area contributed by atoms with Crippen LogP contribution < -0.4 is 0 Å². The number of amides is 1. The minimum atomic E-state index is -0.253. The topological polar surface area (TPSA) is 38.1 Å². The number of rotatable bonds is 2. The van der Waals surface area contributed by atoms with E-state index >= 15 is 0 Å². The molecule has 1 aromatic rings. The smallest absolute Gasteiger partial charge is 0.227 e. The van der Waals surface area contributed by atoms with E-state index in [9.17, 15) is 4.79 Å². The third-order valence-corrected chi connectivity index (χ3v) is 3.57. The van der Waals surface area contributed by atoms with Crippen LogP contribution in [0.3, 0.4) is 0 Å². The summed E-state index contributed by atoms with van der Waals surface area (Å²) in [6.45, 7) is 8.80. The summed E-state index contributed by atoms with van der Waals surface area (Å²) in [6, 6.07) is 0. The number of imidazole rings is 1. The van der Waals surface area contributed by atoms with Crippen LogP contribution in [0.1, 0.15) is 33.6 Å². The molecule has 1 aliphatic heterocycles. The number of aromatic nitrogens is 2. The summed E-state index contributed by atoms with van der Waals surface area (Å²) in [5.41, 5.74) is -0.253. The summed E-state index contributed by atoms with van der Waals surface area (Å²) in [7, 11) is 0. The maximum atomic E-state index is 12.2. The van der Waals surface area contributed by atoms with E-state index in [4.69, 9.17) is 0 Å². The van der Waals surface area contributed by atoms with Crippen molar-refractivity contribution in [2.24, 2.45) is 11.3 Å². The zero-order chi connectivity index (χ0) is 13.2. The number of piperidine rings is 1. The van der Waals surface area contributed by atoms with Crippen molar-refractivity contribution in [2.45, 2.75) is 40.2 Å². The second kappa shape index (κ2) is 5.12. The molecule has 4 heteroatoms. The van der Waals surface area contributed by atoms with Crippen molar-refractivity contribution in [1.82, 2.24) is 14.5 Å². The molecule has 0 bridgehead atoms. The van der Waals surface area contributed by atoms with Gasteiger partial charge in [0.1, 0.15) is 0 Å². The van der Waals surface area contributed by atoms with Gasteiger partial charge in [0.25, 0.3) is 0 Å². The van der Waals surface area contributed by atoms with Gasteiger partial charge >= 0.3 is 0 Å². The largest absolute Gasteiger partial charge is 0.342 e. The van der Waals surface area contributed by atoms with E-state index in [2.05, 4.69) is 9.55 Å².